The normalized spacial score (nSPS) is 14.6. The molecule has 0 amide bonds. The number of rotatable bonds is 5. The molecule has 0 spiro atoms. The predicted octanol–water partition coefficient (Wildman–Crippen LogP) is 5.10. The number of carbonyl (C=O) groups is 1. The number of fused-ring (bicyclic) bond motifs is 3. The van der Waals surface area contributed by atoms with Crippen molar-refractivity contribution in [2.45, 2.75) is 23.9 Å². The molecule has 2 heterocycles. The number of aromatic nitrogens is 1. The van der Waals surface area contributed by atoms with Crippen LogP contribution >= 0.6 is 11.8 Å². The number of benzene rings is 3. The molecule has 0 saturated heterocycles. The third-order valence-corrected chi connectivity index (χ3v) is 7.10. The fourth-order valence-corrected chi connectivity index (χ4v) is 5.40. The molecule has 1 aromatic heterocycles. The third-order valence-electron chi connectivity index (χ3n) is 5.77. The monoisotopic (exact) mass is 460 g/mol. The van der Waals surface area contributed by atoms with E-state index >= 15 is 4.39 Å². The average molecular weight is 461 g/mol. The smallest absolute Gasteiger partial charge is 0.344 e. The summed E-state index contributed by atoms with van der Waals surface area (Å²) in [6.07, 6.45) is 0. The summed E-state index contributed by atoms with van der Waals surface area (Å²) in [5, 5.41) is 0.550. The van der Waals surface area contributed by atoms with Gasteiger partial charge >= 0.3 is 5.97 Å². The molecule has 0 aliphatic carbocycles. The number of nitrogens with zero attached hydrogens (tertiary/aromatic N) is 1. The minimum absolute atomic E-state index is 0.0408. The molecule has 2 N–H and O–H groups in total. The summed E-state index contributed by atoms with van der Waals surface area (Å²) in [5.41, 5.74) is 8.74. The maximum absolute atomic E-state index is 15.2. The van der Waals surface area contributed by atoms with Crippen LogP contribution in [0.15, 0.2) is 76.6 Å². The van der Waals surface area contributed by atoms with Gasteiger partial charge in [0.15, 0.2) is 0 Å². The lowest BCUT2D eigenvalue weighted by molar-refractivity contribution is 0.0518. The number of hydrogen-bond acceptors (Lipinski definition) is 5. The Labute approximate surface area is 194 Å². The molecule has 3 aromatic carbocycles. The zero-order valence-electron chi connectivity index (χ0n) is 17.9. The van der Waals surface area contributed by atoms with Gasteiger partial charge in [0.2, 0.25) is 5.43 Å². The molecule has 7 heteroatoms. The van der Waals surface area contributed by atoms with Crippen molar-refractivity contribution in [3.05, 3.63) is 99.5 Å². The fraction of sp³-hybridized carbons (Fsp3) is 0.154. The van der Waals surface area contributed by atoms with Crippen molar-refractivity contribution < 1.29 is 13.9 Å². The van der Waals surface area contributed by atoms with Gasteiger partial charge in [0.1, 0.15) is 16.8 Å². The zero-order chi connectivity index (χ0) is 23.1. The fourth-order valence-electron chi connectivity index (χ4n) is 4.12. The predicted molar refractivity (Wildman–Crippen MR) is 128 cm³/mol. The second kappa shape index (κ2) is 8.50. The van der Waals surface area contributed by atoms with Gasteiger partial charge in [-0.2, -0.15) is 0 Å². The van der Waals surface area contributed by atoms with E-state index in [0.717, 1.165) is 11.1 Å². The summed E-state index contributed by atoms with van der Waals surface area (Å²) in [6.45, 7) is 2.23. The van der Waals surface area contributed by atoms with E-state index in [-0.39, 0.29) is 22.9 Å². The molecule has 1 aliphatic rings. The number of esters is 1. The Morgan fingerprint density at radius 3 is 2.52 bits per heavy atom. The van der Waals surface area contributed by atoms with Gasteiger partial charge in [0, 0.05) is 17.5 Å². The van der Waals surface area contributed by atoms with Crippen LogP contribution in [0.2, 0.25) is 0 Å². The van der Waals surface area contributed by atoms with Crippen molar-refractivity contribution in [1.29, 1.82) is 0 Å². The van der Waals surface area contributed by atoms with Crippen molar-refractivity contribution in [3.63, 3.8) is 0 Å². The highest BCUT2D eigenvalue weighted by atomic mass is 32.2. The largest absolute Gasteiger partial charge is 0.462 e. The van der Waals surface area contributed by atoms with E-state index in [0.29, 0.717) is 28.2 Å². The number of pyridine rings is 1. The van der Waals surface area contributed by atoms with Crippen LogP contribution in [0, 0.1) is 5.82 Å². The lowest BCUT2D eigenvalue weighted by atomic mass is 10.00. The SMILES string of the molecule is CCOC(=O)c1c2n(c3cc(-c4ccc(CN)cc4)c(F)cc3c1=O)C(c1ccccc1)S2. The highest BCUT2D eigenvalue weighted by Gasteiger charge is 2.36. The van der Waals surface area contributed by atoms with Gasteiger partial charge in [0.25, 0.3) is 0 Å². The van der Waals surface area contributed by atoms with Gasteiger partial charge in [-0.15, -0.1) is 0 Å². The Kier molecular flexibility index (Phi) is 5.52. The van der Waals surface area contributed by atoms with Crippen LogP contribution in [0.4, 0.5) is 4.39 Å². The Bertz CT molecular complexity index is 1430. The Morgan fingerprint density at radius 1 is 1.12 bits per heavy atom. The third kappa shape index (κ3) is 3.53. The lowest BCUT2D eigenvalue weighted by Crippen LogP contribution is -2.30. The van der Waals surface area contributed by atoms with Crippen LogP contribution in [0.25, 0.3) is 22.0 Å². The molecule has 0 saturated carbocycles. The second-order valence-electron chi connectivity index (χ2n) is 7.73. The number of hydrogen-bond donors (Lipinski definition) is 1. The molecule has 1 aliphatic heterocycles. The lowest BCUT2D eigenvalue weighted by Gasteiger charge is -2.35. The summed E-state index contributed by atoms with van der Waals surface area (Å²) in [4.78, 5) is 25.9. The van der Waals surface area contributed by atoms with Gasteiger partial charge in [-0.25, -0.2) is 9.18 Å². The van der Waals surface area contributed by atoms with E-state index in [1.807, 2.05) is 59.2 Å². The zero-order valence-corrected chi connectivity index (χ0v) is 18.7. The van der Waals surface area contributed by atoms with Crippen LogP contribution < -0.4 is 11.2 Å². The first-order valence-electron chi connectivity index (χ1n) is 10.6. The molecule has 33 heavy (non-hydrogen) atoms. The average Bonchev–Trinajstić information content (AvgIpc) is 2.82. The Morgan fingerprint density at radius 2 is 1.85 bits per heavy atom. The van der Waals surface area contributed by atoms with Crippen LogP contribution in [-0.4, -0.2) is 17.1 Å². The molecule has 4 aromatic rings. The Hall–Kier alpha value is -3.42. The highest BCUT2D eigenvalue weighted by molar-refractivity contribution is 8.00. The second-order valence-corrected chi connectivity index (χ2v) is 8.80. The summed E-state index contributed by atoms with van der Waals surface area (Å²) in [7, 11) is 0. The summed E-state index contributed by atoms with van der Waals surface area (Å²) in [6, 6.07) is 20.1. The number of nitrogens with two attached hydrogens (primary N) is 1. The van der Waals surface area contributed by atoms with E-state index in [1.54, 1.807) is 13.0 Å². The van der Waals surface area contributed by atoms with Gasteiger partial charge in [0.05, 0.1) is 17.1 Å². The number of carbonyl (C=O) groups excluding carboxylic acids is 1. The summed E-state index contributed by atoms with van der Waals surface area (Å²) >= 11 is 1.43. The number of thioether (sulfide) groups is 1. The van der Waals surface area contributed by atoms with Crippen LogP contribution in [0.1, 0.15) is 33.8 Å². The molecule has 5 nitrogen and oxygen atoms in total. The number of ether oxygens (including phenoxy) is 1. The first kappa shape index (κ1) is 21.4. The number of halogens is 1. The molecular weight excluding hydrogens is 439 g/mol. The van der Waals surface area contributed by atoms with Gasteiger partial charge < -0.3 is 15.0 Å². The molecule has 1 unspecified atom stereocenters. The first-order chi connectivity index (χ1) is 16.0. The molecule has 0 radical (unpaired) electrons. The van der Waals surface area contributed by atoms with Crippen LogP contribution in [0.3, 0.4) is 0 Å². The van der Waals surface area contributed by atoms with Crippen molar-refractivity contribution >= 4 is 28.6 Å². The quantitative estimate of drug-likeness (QED) is 0.420. The van der Waals surface area contributed by atoms with E-state index in [9.17, 15) is 9.59 Å². The standard InChI is InChI=1S/C26H21FN2O3S/c1-2-32-26(31)22-23(30)19-12-20(27)18(16-10-8-15(14-28)9-11-16)13-21(19)29-24(33-25(22)29)17-6-4-3-5-7-17/h3-13,24H,2,14,28H2,1H3. The van der Waals surface area contributed by atoms with Crippen LogP contribution in [-0.2, 0) is 11.3 Å². The van der Waals surface area contributed by atoms with E-state index in [2.05, 4.69) is 0 Å². The topological polar surface area (TPSA) is 74.3 Å². The molecule has 1 atom stereocenters. The molecule has 5 rings (SSSR count). The molecule has 166 valence electrons. The summed E-state index contributed by atoms with van der Waals surface area (Å²) < 4.78 is 22.3. The van der Waals surface area contributed by atoms with Gasteiger partial charge in [-0.3, -0.25) is 4.79 Å². The maximum atomic E-state index is 15.2. The molecular formula is C26H21FN2O3S. The minimum atomic E-state index is -0.686. The van der Waals surface area contributed by atoms with Gasteiger partial charge in [-0.05, 0) is 35.7 Å². The first-order valence-corrected chi connectivity index (χ1v) is 11.5. The van der Waals surface area contributed by atoms with Gasteiger partial charge in [-0.1, -0.05) is 66.4 Å². The van der Waals surface area contributed by atoms with Crippen LogP contribution in [0.5, 0.6) is 0 Å². The van der Waals surface area contributed by atoms with Crippen molar-refractivity contribution in [2.75, 3.05) is 6.61 Å². The van der Waals surface area contributed by atoms with E-state index in [4.69, 9.17) is 10.5 Å². The van der Waals surface area contributed by atoms with Crippen molar-refractivity contribution in [3.8, 4) is 11.1 Å². The molecule has 0 fully saturated rings. The van der Waals surface area contributed by atoms with E-state index < -0.39 is 17.2 Å². The molecule has 0 bridgehead atoms. The van der Waals surface area contributed by atoms with Crippen molar-refractivity contribution in [1.82, 2.24) is 4.57 Å². The summed E-state index contributed by atoms with van der Waals surface area (Å²) in [5.74, 6) is -1.22. The highest BCUT2D eigenvalue weighted by Crippen LogP contribution is 2.50. The Balaban J connectivity index is 1.77. The minimum Gasteiger partial charge on any atom is -0.462 e. The van der Waals surface area contributed by atoms with E-state index in [1.165, 1.54) is 17.8 Å². The van der Waals surface area contributed by atoms with Crippen molar-refractivity contribution in [2.24, 2.45) is 5.73 Å². The maximum Gasteiger partial charge on any atom is 0.344 e.